The lowest BCUT2D eigenvalue weighted by molar-refractivity contribution is -0.885. The van der Waals surface area contributed by atoms with E-state index in [2.05, 4.69) is 5.32 Å². The Hall–Kier alpha value is -2.53. The van der Waals surface area contributed by atoms with Crippen LogP contribution in [0.3, 0.4) is 0 Å². The van der Waals surface area contributed by atoms with Crippen LogP contribution in [0.5, 0.6) is 11.5 Å². The van der Waals surface area contributed by atoms with Gasteiger partial charge in [0, 0.05) is 5.69 Å². The van der Waals surface area contributed by atoms with Crippen LogP contribution in [-0.2, 0) is 11.3 Å². The summed E-state index contributed by atoms with van der Waals surface area (Å²) in [6, 6.07) is 15.2. The number of methoxy groups -OCH3 is 2. The first-order valence-corrected chi connectivity index (χ1v) is 7.50. The monoisotopic (exact) mass is 315 g/mol. The number of carbonyl (C=O) groups is 1. The summed E-state index contributed by atoms with van der Waals surface area (Å²) in [5.74, 6) is 1.40. The normalized spacial score (nSPS) is 11.6. The number of likely N-dealkylation sites (N-methyl/N-ethyl adjacent to an activating group) is 1. The Bertz CT molecular complexity index is 644. The first kappa shape index (κ1) is 16.8. The molecule has 0 heterocycles. The van der Waals surface area contributed by atoms with Crippen LogP contribution in [-0.4, -0.2) is 33.7 Å². The molecule has 0 aliphatic heterocycles. The molecule has 0 spiro atoms. The van der Waals surface area contributed by atoms with Crippen molar-refractivity contribution >= 4 is 11.6 Å². The quantitative estimate of drug-likeness (QED) is 0.811. The smallest absolute Gasteiger partial charge is 0.279 e. The van der Waals surface area contributed by atoms with Crippen molar-refractivity contribution in [2.45, 2.75) is 6.54 Å². The number of quaternary nitrogens is 1. The molecule has 0 radical (unpaired) electrons. The van der Waals surface area contributed by atoms with Crippen LogP contribution in [0.4, 0.5) is 5.69 Å². The Morgan fingerprint density at radius 2 is 1.78 bits per heavy atom. The molecule has 2 aromatic rings. The van der Waals surface area contributed by atoms with E-state index in [4.69, 9.17) is 9.47 Å². The molecule has 1 atom stereocenters. The van der Waals surface area contributed by atoms with E-state index in [9.17, 15) is 4.79 Å². The molecule has 1 amide bonds. The van der Waals surface area contributed by atoms with Gasteiger partial charge in [-0.05, 0) is 24.3 Å². The van der Waals surface area contributed by atoms with Gasteiger partial charge < -0.3 is 19.7 Å². The van der Waals surface area contributed by atoms with Gasteiger partial charge in [-0.2, -0.15) is 0 Å². The molecule has 2 aromatic carbocycles. The second kappa shape index (κ2) is 8.19. The van der Waals surface area contributed by atoms with Gasteiger partial charge in [-0.3, -0.25) is 4.79 Å². The highest BCUT2D eigenvalue weighted by Gasteiger charge is 2.16. The van der Waals surface area contributed by atoms with Gasteiger partial charge in [0.15, 0.2) is 18.0 Å². The minimum atomic E-state index is -0.0180. The first-order chi connectivity index (χ1) is 11.1. The molecule has 0 saturated heterocycles. The standard InChI is InChI=1S/C18H22N2O3/c1-20(13-17(21)19-15-9-5-4-6-10-15)12-14-8-7-11-16(22-2)18(14)23-3/h4-11H,12-13H2,1-3H3,(H,19,21)/p+1. The Labute approximate surface area is 136 Å². The largest absolute Gasteiger partial charge is 0.493 e. The summed E-state index contributed by atoms with van der Waals surface area (Å²) >= 11 is 0. The van der Waals surface area contributed by atoms with Crippen LogP contribution in [0.1, 0.15) is 5.56 Å². The Kier molecular flexibility index (Phi) is 6.00. The third kappa shape index (κ3) is 4.72. The fourth-order valence-electron chi connectivity index (χ4n) is 2.48. The first-order valence-electron chi connectivity index (χ1n) is 7.50. The molecule has 5 heteroatoms. The molecule has 1 unspecified atom stereocenters. The van der Waals surface area contributed by atoms with E-state index in [1.54, 1.807) is 14.2 Å². The Morgan fingerprint density at radius 3 is 2.43 bits per heavy atom. The molecule has 0 fully saturated rings. The van der Waals surface area contributed by atoms with Crippen molar-refractivity contribution in [3.05, 3.63) is 54.1 Å². The van der Waals surface area contributed by atoms with Gasteiger partial charge in [-0.15, -0.1) is 0 Å². The van der Waals surface area contributed by atoms with Gasteiger partial charge >= 0.3 is 0 Å². The molecule has 2 N–H and O–H groups in total. The lowest BCUT2D eigenvalue weighted by Crippen LogP contribution is -3.08. The lowest BCUT2D eigenvalue weighted by Gasteiger charge is -2.17. The summed E-state index contributed by atoms with van der Waals surface area (Å²) in [4.78, 5) is 13.2. The van der Waals surface area contributed by atoms with E-state index in [1.165, 1.54) is 0 Å². The third-order valence-electron chi connectivity index (χ3n) is 3.50. The van der Waals surface area contributed by atoms with Crippen LogP contribution in [0.25, 0.3) is 0 Å². The van der Waals surface area contributed by atoms with E-state index >= 15 is 0 Å². The summed E-state index contributed by atoms with van der Waals surface area (Å²) in [5, 5.41) is 2.89. The van der Waals surface area contributed by atoms with Gasteiger partial charge in [0.2, 0.25) is 0 Å². The van der Waals surface area contributed by atoms with E-state index in [-0.39, 0.29) is 5.91 Å². The van der Waals surface area contributed by atoms with Crippen LogP contribution in [0.2, 0.25) is 0 Å². The maximum Gasteiger partial charge on any atom is 0.279 e. The number of carbonyl (C=O) groups excluding carboxylic acids is 1. The van der Waals surface area contributed by atoms with Crippen LogP contribution in [0.15, 0.2) is 48.5 Å². The number of amides is 1. The second-order valence-corrected chi connectivity index (χ2v) is 5.38. The molecule has 122 valence electrons. The van der Waals surface area contributed by atoms with Crippen molar-refractivity contribution in [3.63, 3.8) is 0 Å². The molecule has 0 aliphatic rings. The maximum absolute atomic E-state index is 12.1. The van der Waals surface area contributed by atoms with E-state index < -0.39 is 0 Å². The summed E-state index contributed by atoms with van der Waals surface area (Å²) in [6.45, 7) is 1.04. The van der Waals surface area contributed by atoms with Crippen LogP contribution >= 0.6 is 0 Å². The highest BCUT2D eigenvalue weighted by molar-refractivity contribution is 5.91. The third-order valence-corrected chi connectivity index (χ3v) is 3.50. The molecule has 2 rings (SSSR count). The zero-order valence-electron chi connectivity index (χ0n) is 13.8. The minimum absolute atomic E-state index is 0.0180. The molecule has 0 saturated carbocycles. The number of para-hydroxylation sites is 2. The minimum Gasteiger partial charge on any atom is -0.493 e. The predicted octanol–water partition coefficient (Wildman–Crippen LogP) is 1.36. The van der Waals surface area contributed by atoms with Crippen molar-refractivity contribution in [2.75, 3.05) is 33.1 Å². The molecule has 0 aromatic heterocycles. The fraction of sp³-hybridized carbons (Fsp3) is 0.278. The summed E-state index contributed by atoms with van der Waals surface area (Å²) < 4.78 is 10.7. The summed E-state index contributed by atoms with van der Waals surface area (Å²) in [7, 11) is 5.22. The molecular weight excluding hydrogens is 292 g/mol. The van der Waals surface area contributed by atoms with E-state index in [0.29, 0.717) is 18.8 Å². The highest BCUT2D eigenvalue weighted by Crippen LogP contribution is 2.29. The zero-order valence-corrected chi connectivity index (χ0v) is 13.8. The number of hydrogen-bond donors (Lipinski definition) is 2. The van der Waals surface area contributed by atoms with Gasteiger partial charge in [-0.1, -0.05) is 24.3 Å². The predicted molar refractivity (Wildman–Crippen MR) is 90.1 cm³/mol. The van der Waals surface area contributed by atoms with Gasteiger partial charge in [0.1, 0.15) is 6.54 Å². The lowest BCUT2D eigenvalue weighted by atomic mass is 10.1. The molecule has 0 aliphatic carbocycles. The number of anilines is 1. The number of ether oxygens (including phenoxy) is 2. The topological polar surface area (TPSA) is 52.0 Å². The molecule has 0 bridgehead atoms. The number of rotatable bonds is 7. The zero-order chi connectivity index (χ0) is 16.7. The Morgan fingerprint density at radius 1 is 1.04 bits per heavy atom. The maximum atomic E-state index is 12.1. The summed E-state index contributed by atoms with van der Waals surface area (Å²) in [5.41, 5.74) is 1.82. The second-order valence-electron chi connectivity index (χ2n) is 5.38. The van der Waals surface area contributed by atoms with Crippen LogP contribution in [0, 0.1) is 0 Å². The van der Waals surface area contributed by atoms with Crippen molar-refractivity contribution in [2.24, 2.45) is 0 Å². The number of nitrogens with one attached hydrogen (secondary N) is 2. The molecular formula is C18H23N2O3+. The van der Waals surface area contributed by atoms with Crippen molar-refractivity contribution in [3.8, 4) is 11.5 Å². The van der Waals surface area contributed by atoms with Crippen molar-refractivity contribution < 1.29 is 19.2 Å². The van der Waals surface area contributed by atoms with Gasteiger partial charge in [0.25, 0.3) is 5.91 Å². The van der Waals surface area contributed by atoms with Crippen LogP contribution < -0.4 is 19.7 Å². The average molecular weight is 315 g/mol. The molecule has 23 heavy (non-hydrogen) atoms. The van der Waals surface area contributed by atoms with Crippen molar-refractivity contribution in [1.29, 1.82) is 0 Å². The highest BCUT2D eigenvalue weighted by atomic mass is 16.5. The molecule has 5 nitrogen and oxygen atoms in total. The van der Waals surface area contributed by atoms with Gasteiger partial charge in [-0.25, -0.2) is 0 Å². The van der Waals surface area contributed by atoms with E-state index in [1.807, 2.05) is 55.6 Å². The van der Waals surface area contributed by atoms with E-state index in [0.717, 1.165) is 21.9 Å². The fourth-order valence-corrected chi connectivity index (χ4v) is 2.48. The average Bonchev–Trinajstić information content (AvgIpc) is 2.55. The SMILES string of the molecule is COc1cccc(C[NH+](C)CC(=O)Nc2ccccc2)c1OC. The summed E-state index contributed by atoms with van der Waals surface area (Å²) in [6.07, 6.45) is 0. The van der Waals surface area contributed by atoms with Gasteiger partial charge in [0.05, 0.1) is 26.8 Å². The van der Waals surface area contributed by atoms with Crippen molar-refractivity contribution in [1.82, 2.24) is 0 Å². The Balaban J connectivity index is 1.97. The number of hydrogen-bond acceptors (Lipinski definition) is 3. The number of benzene rings is 2.